The number of benzene rings is 1. The van der Waals surface area contributed by atoms with Crippen LogP contribution >= 0.6 is 11.6 Å². The molecule has 0 atom stereocenters. The molecule has 0 amide bonds. The van der Waals surface area contributed by atoms with Crippen LogP contribution in [0.1, 0.15) is 0 Å². The van der Waals surface area contributed by atoms with Gasteiger partial charge in [0.2, 0.25) is 0 Å². The first-order valence-electron chi connectivity index (χ1n) is 3.88. The molecule has 0 fully saturated rings. The van der Waals surface area contributed by atoms with Gasteiger partial charge >= 0.3 is 0 Å². The van der Waals surface area contributed by atoms with Crippen LogP contribution in [-0.2, 0) is 0 Å². The van der Waals surface area contributed by atoms with Gasteiger partial charge in [0.25, 0.3) is 0 Å². The van der Waals surface area contributed by atoms with E-state index in [0.717, 1.165) is 10.6 Å². The highest BCUT2D eigenvalue weighted by molar-refractivity contribution is 6.39. The van der Waals surface area contributed by atoms with Crippen molar-refractivity contribution in [3.63, 3.8) is 0 Å². The van der Waals surface area contributed by atoms with E-state index in [0.29, 0.717) is 5.03 Å². The quantitative estimate of drug-likeness (QED) is 0.588. The van der Waals surface area contributed by atoms with Gasteiger partial charge in [-0.3, -0.25) is 9.98 Å². The molecule has 3 heteroatoms. The Morgan fingerprint density at radius 3 is 2.85 bits per heavy atom. The summed E-state index contributed by atoms with van der Waals surface area (Å²) in [6.07, 6.45) is 4.91. The Balaban J connectivity index is 2.75. The molecule has 2 nitrogen and oxygen atoms in total. The Kier molecular flexibility index (Phi) is 2.23. The van der Waals surface area contributed by atoms with Crippen molar-refractivity contribution in [3.8, 4) is 0 Å². The molecule has 1 heterocycles. The van der Waals surface area contributed by atoms with E-state index < -0.39 is 0 Å². The summed E-state index contributed by atoms with van der Waals surface area (Å²) in [5, 5.41) is 2.42. The average molecular weight is 191 g/mol. The summed E-state index contributed by atoms with van der Waals surface area (Å²) in [4.78, 5) is 8.25. The number of nitrogens with zero attached hydrogens (tertiary/aromatic N) is 2. The minimum atomic E-state index is 0.533. The first-order chi connectivity index (χ1) is 6.36. The summed E-state index contributed by atoms with van der Waals surface area (Å²) in [6.45, 7) is 0. The van der Waals surface area contributed by atoms with Gasteiger partial charge < -0.3 is 0 Å². The van der Waals surface area contributed by atoms with E-state index in [9.17, 15) is 0 Å². The van der Waals surface area contributed by atoms with Crippen LogP contribution < -0.4 is 10.6 Å². The van der Waals surface area contributed by atoms with E-state index in [1.54, 1.807) is 18.6 Å². The monoisotopic (exact) mass is 190 g/mol. The van der Waals surface area contributed by atoms with E-state index in [4.69, 9.17) is 11.6 Å². The zero-order chi connectivity index (χ0) is 9.10. The SMILES string of the molecule is ClC1=C/N=c2\cccc\c2=C\N=C\1. The maximum Gasteiger partial charge on any atom is 0.0771 e. The maximum absolute atomic E-state index is 5.76. The third-order valence-corrected chi connectivity index (χ3v) is 1.87. The second kappa shape index (κ2) is 3.54. The molecular weight excluding hydrogens is 184 g/mol. The van der Waals surface area contributed by atoms with Crippen LogP contribution in [0, 0.1) is 0 Å². The van der Waals surface area contributed by atoms with Crippen molar-refractivity contribution in [1.29, 1.82) is 0 Å². The molecule has 2 rings (SSSR count). The molecule has 0 N–H and O–H groups in total. The third kappa shape index (κ3) is 1.84. The van der Waals surface area contributed by atoms with Crippen LogP contribution in [0.15, 0.2) is 45.5 Å². The molecule has 0 unspecified atom stereocenters. The van der Waals surface area contributed by atoms with Crippen molar-refractivity contribution in [3.05, 3.63) is 46.1 Å². The molecule has 1 aliphatic rings. The van der Waals surface area contributed by atoms with Crippen molar-refractivity contribution in [1.82, 2.24) is 0 Å². The first-order valence-corrected chi connectivity index (χ1v) is 4.26. The van der Waals surface area contributed by atoms with Crippen molar-refractivity contribution >= 4 is 24.0 Å². The standard InChI is InChI=1S/C10H7ClN2/c11-9-6-12-5-8-3-1-2-4-10(8)13-7-9/h1-7H/b8-5-,9-6?,9-7+,12-5?,12-6+,13-7?,13-10+. The summed E-state index contributed by atoms with van der Waals surface area (Å²) in [6, 6.07) is 7.77. The maximum atomic E-state index is 5.76. The summed E-state index contributed by atoms with van der Waals surface area (Å²) in [7, 11) is 0. The largest absolute Gasteiger partial charge is 0.262 e. The van der Waals surface area contributed by atoms with Gasteiger partial charge in [-0.05, 0) is 6.07 Å². The number of para-hydroxylation sites is 1. The van der Waals surface area contributed by atoms with Gasteiger partial charge in [-0.25, -0.2) is 0 Å². The number of hydrogen-bond acceptors (Lipinski definition) is 2. The highest BCUT2D eigenvalue weighted by atomic mass is 35.5. The number of rotatable bonds is 0. The number of hydrogen-bond donors (Lipinski definition) is 0. The number of allylic oxidation sites excluding steroid dienone is 1. The van der Waals surface area contributed by atoms with Gasteiger partial charge in [0.15, 0.2) is 0 Å². The van der Waals surface area contributed by atoms with Gasteiger partial charge in [-0.2, -0.15) is 0 Å². The molecule has 0 saturated carbocycles. The molecule has 0 aromatic heterocycles. The number of fused-ring (bicyclic) bond motifs is 1. The van der Waals surface area contributed by atoms with Crippen LogP contribution in [0.3, 0.4) is 0 Å². The summed E-state index contributed by atoms with van der Waals surface area (Å²) < 4.78 is 0. The normalized spacial score (nSPS) is 26.1. The summed E-state index contributed by atoms with van der Waals surface area (Å²) in [5.74, 6) is 0. The molecule has 0 spiro atoms. The van der Waals surface area contributed by atoms with Crippen molar-refractivity contribution < 1.29 is 0 Å². The van der Waals surface area contributed by atoms with Gasteiger partial charge in [0.05, 0.1) is 10.4 Å². The predicted molar refractivity (Wildman–Crippen MR) is 54.1 cm³/mol. The fourth-order valence-corrected chi connectivity index (χ4v) is 1.17. The first kappa shape index (κ1) is 8.20. The van der Waals surface area contributed by atoms with E-state index >= 15 is 0 Å². The lowest BCUT2D eigenvalue weighted by molar-refractivity contribution is 1.29. The fourth-order valence-electron chi connectivity index (χ4n) is 1.07. The number of halogens is 1. The topological polar surface area (TPSA) is 24.7 Å². The molecule has 1 aromatic rings. The second-order valence-corrected chi connectivity index (χ2v) is 3.05. The summed E-state index contributed by atoms with van der Waals surface area (Å²) >= 11 is 5.76. The second-order valence-electron chi connectivity index (χ2n) is 2.61. The molecule has 0 radical (unpaired) electrons. The zero-order valence-corrected chi connectivity index (χ0v) is 7.57. The van der Waals surface area contributed by atoms with Gasteiger partial charge in [-0.15, -0.1) is 0 Å². The molecular formula is C10H7ClN2. The van der Waals surface area contributed by atoms with Crippen LogP contribution in [0.25, 0.3) is 6.20 Å². The number of aliphatic imine (C=N–C) groups is 1. The minimum Gasteiger partial charge on any atom is -0.262 e. The Bertz CT molecular complexity index is 486. The van der Waals surface area contributed by atoms with Crippen LogP contribution in [0.2, 0.25) is 0 Å². The highest BCUT2D eigenvalue weighted by Gasteiger charge is 1.88. The van der Waals surface area contributed by atoms with Crippen LogP contribution in [-0.4, -0.2) is 6.21 Å². The molecule has 13 heavy (non-hydrogen) atoms. The molecule has 0 bridgehead atoms. The van der Waals surface area contributed by atoms with Gasteiger partial charge in [0, 0.05) is 23.8 Å². The van der Waals surface area contributed by atoms with Gasteiger partial charge in [-0.1, -0.05) is 29.8 Å². The van der Waals surface area contributed by atoms with E-state index in [-0.39, 0.29) is 0 Å². The predicted octanol–water partition coefficient (Wildman–Crippen LogP) is 1.21. The van der Waals surface area contributed by atoms with Crippen LogP contribution in [0.5, 0.6) is 0 Å². The van der Waals surface area contributed by atoms with E-state index in [2.05, 4.69) is 9.98 Å². The molecule has 64 valence electrons. The lowest BCUT2D eigenvalue weighted by Crippen LogP contribution is -2.23. The Morgan fingerprint density at radius 1 is 1.08 bits per heavy atom. The van der Waals surface area contributed by atoms with Crippen molar-refractivity contribution in [2.24, 2.45) is 9.98 Å². The fraction of sp³-hybridized carbons (Fsp3) is 0. The molecule has 0 saturated heterocycles. The average Bonchev–Trinajstić information content (AvgIpc) is 2.13. The lowest BCUT2D eigenvalue weighted by Gasteiger charge is -1.91. The lowest BCUT2D eigenvalue weighted by atomic mass is 10.3. The van der Waals surface area contributed by atoms with E-state index in [1.807, 2.05) is 24.3 Å². The summed E-state index contributed by atoms with van der Waals surface area (Å²) in [5.41, 5.74) is 0. The highest BCUT2D eigenvalue weighted by Crippen LogP contribution is 1.97. The van der Waals surface area contributed by atoms with E-state index in [1.165, 1.54) is 0 Å². The third-order valence-electron chi connectivity index (χ3n) is 1.68. The smallest absolute Gasteiger partial charge is 0.0771 e. The Hall–Kier alpha value is -1.41. The Morgan fingerprint density at radius 2 is 1.92 bits per heavy atom. The van der Waals surface area contributed by atoms with Crippen LogP contribution in [0.4, 0.5) is 0 Å². The molecule has 0 aliphatic carbocycles. The zero-order valence-electron chi connectivity index (χ0n) is 6.81. The molecule has 1 aromatic carbocycles. The minimum absolute atomic E-state index is 0.533. The van der Waals surface area contributed by atoms with Crippen molar-refractivity contribution in [2.45, 2.75) is 0 Å². The molecule has 1 aliphatic heterocycles. The van der Waals surface area contributed by atoms with Crippen molar-refractivity contribution in [2.75, 3.05) is 0 Å². The van der Waals surface area contributed by atoms with Gasteiger partial charge in [0.1, 0.15) is 0 Å². The Labute approximate surface area is 80.6 Å².